The number of carbonyl (C=O) groups excluding carboxylic acids is 2. The van der Waals surface area contributed by atoms with Crippen molar-refractivity contribution in [2.45, 2.75) is 39.7 Å². The van der Waals surface area contributed by atoms with E-state index in [9.17, 15) is 18.8 Å². The van der Waals surface area contributed by atoms with Gasteiger partial charge in [0, 0.05) is 24.8 Å². The molecule has 1 aromatic heterocycles. The molecule has 154 valence electrons. The van der Waals surface area contributed by atoms with Crippen LogP contribution in [0.15, 0.2) is 35.1 Å². The predicted octanol–water partition coefficient (Wildman–Crippen LogP) is 2.48. The quantitative estimate of drug-likeness (QED) is 0.736. The largest absolute Gasteiger partial charge is 0.448 e. The average molecular weight is 401 g/mol. The summed E-state index contributed by atoms with van der Waals surface area (Å²) in [5.74, 6) is -1.29. The lowest BCUT2D eigenvalue weighted by Crippen LogP contribution is -2.44. The van der Waals surface area contributed by atoms with Crippen LogP contribution in [0.4, 0.5) is 4.39 Å². The summed E-state index contributed by atoms with van der Waals surface area (Å²) in [6.45, 7) is 6.42. The molecule has 0 bridgehead atoms. The van der Waals surface area contributed by atoms with E-state index in [0.29, 0.717) is 24.7 Å². The Kier molecular flexibility index (Phi) is 6.10. The number of aryl methyl sites for hydroxylation is 1. The van der Waals surface area contributed by atoms with Crippen LogP contribution in [0.2, 0.25) is 0 Å². The lowest BCUT2D eigenvalue weighted by molar-refractivity contribution is -0.141. The number of piperidine rings is 1. The van der Waals surface area contributed by atoms with Gasteiger partial charge in [0.15, 0.2) is 6.10 Å². The van der Waals surface area contributed by atoms with E-state index in [1.807, 2.05) is 0 Å². The minimum Gasteiger partial charge on any atom is -0.448 e. The molecule has 7 nitrogen and oxygen atoms in total. The number of carbonyl (C=O) groups is 2. The highest BCUT2D eigenvalue weighted by Gasteiger charge is 2.28. The first-order chi connectivity index (χ1) is 13.8. The zero-order valence-corrected chi connectivity index (χ0v) is 16.7. The van der Waals surface area contributed by atoms with E-state index >= 15 is 0 Å². The summed E-state index contributed by atoms with van der Waals surface area (Å²) in [5.41, 5.74) is -0.675. The monoisotopic (exact) mass is 401 g/mol. The number of likely N-dealkylation sites (tertiary alicyclic amines) is 1. The van der Waals surface area contributed by atoms with E-state index in [4.69, 9.17) is 4.74 Å². The van der Waals surface area contributed by atoms with Gasteiger partial charge in [-0.2, -0.15) is 5.10 Å². The summed E-state index contributed by atoms with van der Waals surface area (Å²) in [4.78, 5) is 39.0. The third-order valence-corrected chi connectivity index (χ3v) is 5.11. The number of esters is 1. The molecule has 1 aliphatic rings. The van der Waals surface area contributed by atoms with Crippen LogP contribution in [0.25, 0.3) is 5.69 Å². The molecule has 29 heavy (non-hydrogen) atoms. The van der Waals surface area contributed by atoms with Gasteiger partial charge in [0.25, 0.3) is 5.91 Å². The maximum atomic E-state index is 14.1. The lowest BCUT2D eigenvalue weighted by Gasteiger charge is -2.31. The van der Waals surface area contributed by atoms with Crippen LogP contribution in [-0.2, 0) is 9.53 Å². The van der Waals surface area contributed by atoms with Crippen molar-refractivity contribution in [2.75, 3.05) is 13.1 Å². The van der Waals surface area contributed by atoms with Gasteiger partial charge in [0.05, 0.1) is 0 Å². The van der Waals surface area contributed by atoms with Crippen LogP contribution in [0.5, 0.6) is 0 Å². The van der Waals surface area contributed by atoms with E-state index in [2.05, 4.69) is 12.0 Å². The molecule has 1 aliphatic heterocycles. The Bertz CT molecular complexity index is 980. The van der Waals surface area contributed by atoms with Crippen molar-refractivity contribution < 1.29 is 18.7 Å². The molecule has 8 heteroatoms. The van der Waals surface area contributed by atoms with Gasteiger partial charge >= 0.3 is 5.97 Å². The molecule has 1 aromatic carbocycles. The number of aromatic nitrogens is 2. The molecule has 1 amide bonds. The molecule has 3 rings (SSSR count). The smallest absolute Gasteiger partial charge is 0.363 e. The van der Waals surface area contributed by atoms with Crippen LogP contribution < -0.4 is 5.43 Å². The molecule has 2 heterocycles. The Morgan fingerprint density at radius 3 is 2.55 bits per heavy atom. The third kappa shape index (κ3) is 4.52. The molecule has 0 radical (unpaired) electrons. The fourth-order valence-electron chi connectivity index (χ4n) is 3.31. The third-order valence-electron chi connectivity index (χ3n) is 5.11. The van der Waals surface area contributed by atoms with Gasteiger partial charge in [-0.25, -0.2) is 13.9 Å². The highest BCUT2D eigenvalue weighted by atomic mass is 19.1. The van der Waals surface area contributed by atoms with Crippen LogP contribution in [0.1, 0.15) is 42.9 Å². The van der Waals surface area contributed by atoms with Crippen molar-refractivity contribution in [2.24, 2.45) is 5.92 Å². The second-order valence-corrected chi connectivity index (χ2v) is 7.42. The van der Waals surface area contributed by atoms with Crippen molar-refractivity contribution >= 4 is 11.9 Å². The van der Waals surface area contributed by atoms with Gasteiger partial charge in [-0.3, -0.25) is 9.59 Å². The maximum Gasteiger partial charge on any atom is 0.363 e. The van der Waals surface area contributed by atoms with Crippen LogP contribution in [0, 0.1) is 18.7 Å². The number of halogens is 1. The Balaban J connectivity index is 1.80. The van der Waals surface area contributed by atoms with Crippen molar-refractivity contribution in [1.82, 2.24) is 14.7 Å². The van der Waals surface area contributed by atoms with Crippen LogP contribution in [-0.4, -0.2) is 45.8 Å². The Morgan fingerprint density at radius 2 is 1.90 bits per heavy atom. The summed E-state index contributed by atoms with van der Waals surface area (Å²) < 4.78 is 20.5. The fourth-order valence-corrected chi connectivity index (χ4v) is 3.31. The van der Waals surface area contributed by atoms with Crippen LogP contribution in [0.3, 0.4) is 0 Å². The summed E-state index contributed by atoms with van der Waals surface area (Å²) in [6.07, 6.45) is 0.763. The number of nitrogens with zero attached hydrogens (tertiary/aromatic N) is 3. The molecule has 1 atom stereocenters. The fraction of sp³-hybridized carbons (Fsp3) is 0.429. The minimum absolute atomic E-state index is 0.102. The number of hydrogen-bond donors (Lipinski definition) is 0. The molecule has 1 saturated heterocycles. The van der Waals surface area contributed by atoms with Crippen molar-refractivity contribution in [1.29, 1.82) is 0 Å². The van der Waals surface area contributed by atoms with Gasteiger partial charge in [0.1, 0.15) is 11.5 Å². The van der Waals surface area contributed by atoms with Crippen molar-refractivity contribution in [3.63, 3.8) is 0 Å². The SMILES string of the molecule is Cc1cc(=O)c(C(=O)O[C@@H](C)C(=O)N2CCC(C)CC2)nn1-c1ccccc1F. The van der Waals surface area contributed by atoms with E-state index in [1.165, 1.54) is 35.9 Å². The molecular weight excluding hydrogens is 377 g/mol. The standard InChI is InChI=1S/C21H24FN3O4/c1-13-8-10-24(11-9-13)20(27)15(3)29-21(28)19-18(26)12-14(2)25(23-19)17-7-5-4-6-16(17)22/h4-7,12-13,15H,8-11H2,1-3H3/t15-/m0/s1. The zero-order chi connectivity index (χ0) is 21.1. The first kappa shape index (κ1) is 20.7. The highest BCUT2D eigenvalue weighted by Crippen LogP contribution is 2.18. The molecule has 0 unspecified atom stereocenters. The van der Waals surface area contributed by atoms with E-state index in [0.717, 1.165) is 12.8 Å². The number of rotatable bonds is 4. The Hall–Kier alpha value is -3.03. The van der Waals surface area contributed by atoms with Gasteiger partial charge in [0.2, 0.25) is 11.1 Å². The van der Waals surface area contributed by atoms with Gasteiger partial charge in [-0.15, -0.1) is 0 Å². The minimum atomic E-state index is -1.04. The molecule has 0 saturated carbocycles. The van der Waals surface area contributed by atoms with E-state index in [-0.39, 0.29) is 11.6 Å². The number of amides is 1. The molecule has 2 aromatic rings. The summed E-state index contributed by atoms with van der Waals surface area (Å²) in [6, 6.07) is 7.08. The average Bonchev–Trinajstić information content (AvgIpc) is 2.68. The number of benzene rings is 1. The molecule has 0 aliphatic carbocycles. The number of ether oxygens (including phenoxy) is 1. The van der Waals surface area contributed by atoms with Crippen molar-refractivity contribution in [3.05, 3.63) is 57.8 Å². The number of para-hydroxylation sites is 1. The van der Waals surface area contributed by atoms with Crippen molar-refractivity contribution in [3.8, 4) is 5.69 Å². The van der Waals surface area contributed by atoms with Gasteiger partial charge < -0.3 is 9.64 Å². The van der Waals surface area contributed by atoms with E-state index in [1.54, 1.807) is 17.9 Å². The molecular formula is C21H24FN3O4. The maximum absolute atomic E-state index is 14.1. The van der Waals surface area contributed by atoms with Gasteiger partial charge in [-0.05, 0) is 44.7 Å². The summed E-state index contributed by atoms with van der Waals surface area (Å²) >= 11 is 0. The van der Waals surface area contributed by atoms with Gasteiger partial charge in [-0.1, -0.05) is 19.1 Å². The number of hydrogen-bond acceptors (Lipinski definition) is 5. The normalized spacial score (nSPS) is 15.8. The summed E-state index contributed by atoms with van der Waals surface area (Å²) in [7, 11) is 0. The van der Waals surface area contributed by atoms with Crippen LogP contribution >= 0.6 is 0 Å². The predicted molar refractivity (Wildman–Crippen MR) is 104 cm³/mol. The first-order valence-electron chi connectivity index (χ1n) is 9.63. The zero-order valence-electron chi connectivity index (χ0n) is 16.7. The Labute approximate surface area is 168 Å². The lowest BCUT2D eigenvalue weighted by atomic mass is 9.99. The second-order valence-electron chi connectivity index (χ2n) is 7.42. The second kappa shape index (κ2) is 8.55. The summed E-state index contributed by atoms with van der Waals surface area (Å²) in [5, 5.41) is 4.00. The Morgan fingerprint density at radius 1 is 1.24 bits per heavy atom. The first-order valence-corrected chi connectivity index (χ1v) is 9.63. The highest BCUT2D eigenvalue weighted by molar-refractivity contribution is 5.90. The molecule has 0 spiro atoms. The molecule has 0 N–H and O–H groups in total. The van der Waals surface area contributed by atoms with E-state index < -0.39 is 29.0 Å². The molecule has 1 fully saturated rings. The topological polar surface area (TPSA) is 81.5 Å².